The molecule has 256 valence electrons. The largest absolute Gasteiger partial charge is 0.507 e. The molecule has 0 spiro atoms. The number of fused-ring (bicyclic) bond motifs is 8. The molecule has 0 heterocycles. The van der Waals surface area contributed by atoms with Gasteiger partial charge < -0.3 is 20.4 Å². The van der Waals surface area contributed by atoms with E-state index in [1.165, 1.54) is 0 Å². The number of rotatable bonds is 1. The first-order valence-corrected chi connectivity index (χ1v) is 17.5. The quantitative estimate of drug-likeness (QED) is 0.146. The molecule has 0 fully saturated rings. The Morgan fingerprint density at radius 2 is 0.708 bits per heavy atom. The van der Waals surface area contributed by atoms with Crippen molar-refractivity contribution in [3.8, 4) is 23.0 Å². The summed E-state index contributed by atoms with van der Waals surface area (Å²) in [6.45, 7) is 25.9. The third kappa shape index (κ3) is 6.81. The van der Waals surface area contributed by atoms with Crippen molar-refractivity contribution in [2.75, 3.05) is 0 Å². The highest BCUT2D eigenvalue weighted by Gasteiger charge is 2.27. The zero-order valence-electron chi connectivity index (χ0n) is 31.2. The van der Waals surface area contributed by atoms with Crippen LogP contribution in [0.1, 0.15) is 154 Å². The molecule has 0 amide bonds. The van der Waals surface area contributed by atoms with Crippen LogP contribution in [0.25, 0.3) is 0 Å². The summed E-state index contributed by atoms with van der Waals surface area (Å²) in [5, 5.41) is 47.8. The van der Waals surface area contributed by atoms with Crippen molar-refractivity contribution >= 4 is 0 Å². The Hall–Kier alpha value is -3.92. The molecule has 0 radical (unpaired) electrons. The average molecular weight is 649 g/mol. The highest BCUT2D eigenvalue weighted by Crippen LogP contribution is 2.43. The van der Waals surface area contributed by atoms with Gasteiger partial charge in [0.1, 0.15) is 23.0 Å². The van der Waals surface area contributed by atoms with Crippen LogP contribution in [-0.2, 0) is 41.9 Å². The van der Waals surface area contributed by atoms with Crippen LogP contribution in [0.4, 0.5) is 0 Å². The predicted molar refractivity (Wildman–Crippen MR) is 199 cm³/mol. The molecular formula is C44H56O4. The molecule has 0 atom stereocenters. The second-order valence-electron chi connectivity index (χ2n) is 17.6. The summed E-state index contributed by atoms with van der Waals surface area (Å²) < 4.78 is 0. The van der Waals surface area contributed by atoms with Gasteiger partial charge >= 0.3 is 0 Å². The van der Waals surface area contributed by atoms with Gasteiger partial charge in [-0.25, -0.2) is 0 Å². The molecule has 4 aromatic rings. The molecule has 0 saturated heterocycles. The Bertz CT molecular complexity index is 1890. The molecule has 1 aliphatic carbocycles. The number of hydrogen-bond donors (Lipinski definition) is 4. The van der Waals surface area contributed by atoms with Crippen molar-refractivity contribution in [1.29, 1.82) is 0 Å². The molecule has 4 N–H and O–H groups in total. The minimum absolute atomic E-state index is 0.187. The summed E-state index contributed by atoms with van der Waals surface area (Å²) in [7, 11) is 0. The Balaban J connectivity index is 1.90. The fourth-order valence-corrected chi connectivity index (χ4v) is 7.05. The highest BCUT2D eigenvalue weighted by molar-refractivity contribution is 5.60. The number of benzene rings is 4. The van der Waals surface area contributed by atoms with E-state index in [0.717, 1.165) is 72.3 Å². The number of aromatic hydroxyl groups is 4. The fourth-order valence-electron chi connectivity index (χ4n) is 7.05. The lowest BCUT2D eigenvalue weighted by Crippen LogP contribution is -2.15. The lowest BCUT2D eigenvalue weighted by molar-refractivity contribution is 0.448. The van der Waals surface area contributed by atoms with Crippen molar-refractivity contribution in [3.63, 3.8) is 0 Å². The molecule has 0 unspecified atom stereocenters. The molecule has 0 aromatic heterocycles. The van der Waals surface area contributed by atoms with Gasteiger partial charge in [-0.3, -0.25) is 0 Å². The van der Waals surface area contributed by atoms with E-state index in [1.807, 2.05) is 0 Å². The molecule has 4 nitrogen and oxygen atoms in total. The van der Waals surface area contributed by atoms with Gasteiger partial charge in [0.2, 0.25) is 0 Å². The first-order valence-electron chi connectivity index (χ1n) is 17.5. The first kappa shape index (κ1) is 35.4. The van der Waals surface area contributed by atoms with E-state index >= 15 is 0 Å². The van der Waals surface area contributed by atoms with Crippen LogP contribution in [0.5, 0.6) is 23.0 Å². The van der Waals surface area contributed by atoms with Crippen LogP contribution in [0, 0.1) is 6.92 Å². The lowest BCUT2D eigenvalue weighted by Gasteiger charge is -2.26. The topological polar surface area (TPSA) is 80.9 Å². The summed E-state index contributed by atoms with van der Waals surface area (Å²) in [5.74, 6) is 1.02. The maximum Gasteiger partial charge on any atom is 0.122 e. The Kier molecular flexibility index (Phi) is 8.99. The number of phenolic OH excluding ortho intramolecular Hbond substituents is 4. The third-order valence-electron chi connectivity index (χ3n) is 10.3. The SMILES string of the molecule is Cc1c(C(C)C)cc2c(O)c1Cc1cc(C(C)(C)C)cc(c1O)Cc1cc(C(C)(C)C)cc(c1O)Cc1cc(C(C)(C)C)cc(c1O)C2. The van der Waals surface area contributed by atoms with Gasteiger partial charge in [0.25, 0.3) is 0 Å². The summed E-state index contributed by atoms with van der Waals surface area (Å²) in [5.41, 5.74) is 10.9. The van der Waals surface area contributed by atoms with E-state index in [2.05, 4.69) is 126 Å². The normalized spacial score (nSPS) is 14.0. The van der Waals surface area contributed by atoms with Gasteiger partial charge in [0.05, 0.1) is 0 Å². The smallest absolute Gasteiger partial charge is 0.122 e. The number of hydrogen-bond acceptors (Lipinski definition) is 4. The van der Waals surface area contributed by atoms with Crippen LogP contribution in [0.2, 0.25) is 0 Å². The standard InChI is InChI=1S/C44H56O4/c1-24(2)36-22-31-15-30-20-34(43(7,8)9)17-27(39(30)46)13-26-16-33(42(4,5)6)18-28(38(26)45)14-29-19-35(44(10,11)12)21-32(40(29)47)23-37(25(36)3)41(31)48/h16-22,24,45-48H,13-15,23H2,1-12H3. The van der Waals surface area contributed by atoms with Crippen molar-refractivity contribution in [2.45, 2.75) is 131 Å². The molecule has 0 saturated carbocycles. The fraction of sp³-hybridized carbons (Fsp3) is 0.455. The molecule has 8 bridgehead atoms. The van der Waals surface area contributed by atoms with E-state index < -0.39 is 0 Å². The van der Waals surface area contributed by atoms with Gasteiger partial charge in [0.15, 0.2) is 0 Å². The Labute approximate surface area is 288 Å². The van der Waals surface area contributed by atoms with E-state index in [0.29, 0.717) is 25.7 Å². The minimum Gasteiger partial charge on any atom is -0.507 e. The highest BCUT2D eigenvalue weighted by atomic mass is 16.3. The first-order chi connectivity index (χ1) is 22.1. The Morgan fingerprint density at radius 3 is 0.979 bits per heavy atom. The van der Waals surface area contributed by atoms with Gasteiger partial charge in [-0.1, -0.05) is 119 Å². The van der Waals surface area contributed by atoms with Crippen LogP contribution in [-0.4, -0.2) is 20.4 Å². The van der Waals surface area contributed by atoms with Crippen molar-refractivity contribution in [3.05, 3.63) is 115 Å². The summed E-state index contributed by atoms with van der Waals surface area (Å²) >= 11 is 0. The maximum absolute atomic E-state index is 12.0. The van der Waals surface area contributed by atoms with Gasteiger partial charge in [-0.2, -0.15) is 0 Å². The van der Waals surface area contributed by atoms with Crippen molar-refractivity contribution in [2.24, 2.45) is 0 Å². The predicted octanol–water partition coefficient (Wildman–Crippen LogP) is 10.5. The zero-order valence-corrected chi connectivity index (χ0v) is 31.2. The molecule has 48 heavy (non-hydrogen) atoms. The molecule has 4 heteroatoms. The van der Waals surface area contributed by atoms with E-state index in [9.17, 15) is 20.4 Å². The van der Waals surface area contributed by atoms with Gasteiger partial charge in [0, 0.05) is 31.2 Å². The number of phenols is 4. The summed E-state index contributed by atoms with van der Waals surface area (Å²) in [4.78, 5) is 0. The molecule has 5 rings (SSSR count). The molecule has 1 aliphatic rings. The van der Waals surface area contributed by atoms with Crippen LogP contribution in [0.15, 0.2) is 42.5 Å². The van der Waals surface area contributed by atoms with Crippen molar-refractivity contribution in [1.82, 2.24) is 0 Å². The van der Waals surface area contributed by atoms with E-state index in [1.54, 1.807) is 0 Å². The molecule has 0 aliphatic heterocycles. The third-order valence-corrected chi connectivity index (χ3v) is 10.3. The monoisotopic (exact) mass is 648 g/mol. The minimum atomic E-state index is -0.190. The second kappa shape index (κ2) is 12.2. The zero-order chi connectivity index (χ0) is 35.7. The van der Waals surface area contributed by atoms with Crippen LogP contribution >= 0.6 is 0 Å². The van der Waals surface area contributed by atoms with E-state index in [-0.39, 0.29) is 45.2 Å². The summed E-state index contributed by atoms with van der Waals surface area (Å²) in [6, 6.07) is 14.5. The van der Waals surface area contributed by atoms with Gasteiger partial charge in [-0.05, 0) is 95.8 Å². The average Bonchev–Trinajstić information content (AvgIpc) is 2.95. The molecular weight excluding hydrogens is 592 g/mol. The maximum atomic E-state index is 12.0. The van der Waals surface area contributed by atoms with Gasteiger partial charge in [-0.15, -0.1) is 0 Å². The van der Waals surface area contributed by atoms with Crippen LogP contribution in [0.3, 0.4) is 0 Å². The summed E-state index contributed by atoms with van der Waals surface area (Å²) in [6.07, 6.45) is 1.38. The Morgan fingerprint density at radius 1 is 0.438 bits per heavy atom. The van der Waals surface area contributed by atoms with Crippen LogP contribution < -0.4 is 0 Å². The van der Waals surface area contributed by atoms with Crippen molar-refractivity contribution < 1.29 is 20.4 Å². The second-order valence-corrected chi connectivity index (χ2v) is 17.6. The van der Waals surface area contributed by atoms with E-state index in [4.69, 9.17) is 0 Å². The molecule has 4 aromatic carbocycles. The lowest BCUT2D eigenvalue weighted by atomic mass is 9.79.